The molecule has 0 spiro atoms. The number of carbonyl (C=O) groups excluding carboxylic acids is 1. The van der Waals surface area contributed by atoms with Gasteiger partial charge in [-0.25, -0.2) is 0 Å². The van der Waals surface area contributed by atoms with Gasteiger partial charge in [0.05, 0.1) is 11.0 Å². The molecular formula is C18H19N3O3. The maximum absolute atomic E-state index is 12.6. The Morgan fingerprint density at radius 2 is 2.08 bits per heavy atom. The van der Waals surface area contributed by atoms with Crippen LogP contribution in [0, 0.1) is 17.0 Å². The minimum atomic E-state index is -0.491. The molecule has 0 bridgehead atoms. The van der Waals surface area contributed by atoms with Crippen LogP contribution in [0.5, 0.6) is 0 Å². The first-order valence-electron chi connectivity index (χ1n) is 7.90. The molecule has 0 radical (unpaired) electrons. The van der Waals surface area contributed by atoms with E-state index < -0.39 is 4.92 Å². The second kappa shape index (κ2) is 6.31. The molecule has 0 fully saturated rings. The first-order chi connectivity index (χ1) is 11.5. The van der Waals surface area contributed by atoms with Crippen molar-refractivity contribution in [1.29, 1.82) is 0 Å². The number of aryl methyl sites for hydroxylation is 2. The number of hydrogen-bond acceptors (Lipinski definition) is 4. The lowest BCUT2D eigenvalue weighted by molar-refractivity contribution is -0.384. The second-order valence-corrected chi connectivity index (χ2v) is 6.13. The van der Waals surface area contributed by atoms with Gasteiger partial charge >= 0.3 is 0 Å². The zero-order valence-electron chi connectivity index (χ0n) is 13.4. The lowest BCUT2D eigenvalue weighted by Gasteiger charge is -2.27. The van der Waals surface area contributed by atoms with Gasteiger partial charge in [0.15, 0.2) is 0 Å². The van der Waals surface area contributed by atoms with Crippen molar-refractivity contribution < 1.29 is 9.72 Å². The predicted octanol–water partition coefficient (Wildman–Crippen LogP) is 3.29. The number of benzene rings is 2. The molecule has 1 amide bonds. The van der Waals surface area contributed by atoms with Crippen molar-refractivity contribution in [3.8, 4) is 0 Å². The van der Waals surface area contributed by atoms with E-state index >= 15 is 0 Å². The topological polar surface area (TPSA) is 98.3 Å². The second-order valence-electron chi connectivity index (χ2n) is 6.13. The zero-order chi connectivity index (χ0) is 17.3. The number of carbonyl (C=O) groups is 1. The molecule has 1 aliphatic carbocycles. The number of non-ortho nitro benzene ring substituents is 1. The molecule has 0 saturated carbocycles. The Bertz CT molecular complexity index is 817. The fraction of sp³-hybridized carbons (Fsp3) is 0.278. The first-order valence-corrected chi connectivity index (χ1v) is 7.90. The highest BCUT2D eigenvalue weighted by molar-refractivity contribution is 5.96. The van der Waals surface area contributed by atoms with Gasteiger partial charge in [-0.15, -0.1) is 0 Å². The van der Waals surface area contributed by atoms with Crippen molar-refractivity contribution >= 4 is 17.3 Å². The summed E-state index contributed by atoms with van der Waals surface area (Å²) in [5, 5.41) is 14.0. The van der Waals surface area contributed by atoms with Crippen molar-refractivity contribution in [3.63, 3.8) is 0 Å². The maximum Gasteiger partial charge on any atom is 0.270 e. The van der Waals surface area contributed by atoms with E-state index in [0.717, 1.165) is 36.1 Å². The van der Waals surface area contributed by atoms with Crippen LogP contribution in [0.2, 0.25) is 0 Å². The van der Waals surface area contributed by atoms with Crippen molar-refractivity contribution in [2.24, 2.45) is 0 Å². The van der Waals surface area contributed by atoms with Crippen molar-refractivity contribution in [2.75, 3.05) is 5.73 Å². The Kier molecular flexibility index (Phi) is 4.20. The van der Waals surface area contributed by atoms with Gasteiger partial charge in [-0.05, 0) is 55.0 Å². The number of rotatable bonds is 3. The molecule has 1 unspecified atom stereocenters. The van der Waals surface area contributed by atoms with Gasteiger partial charge in [0.1, 0.15) is 0 Å². The summed E-state index contributed by atoms with van der Waals surface area (Å²) in [4.78, 5) is 23.1. The third kappa shape index (κ3) is 3.08. The summed E-state index contributed by atoms with van der Waals surface area (Å²) in [5.41, 5.74) is 9.75. The van der Waals surface area contributed by atoms with Gasteiger partial charge in [-0.3, -0.25) is 14.9 Å². The highest BCUT2D eigenvalue weighted by Gasteiger charge is 2.23. The SMILES string of the molecule is Cc1ccc([N+](=O)[O-])cc1C(=O)NC1CCCc2cc(N)ccc21. The lowest BCUT2D eigenvalue weighted by atomic mass is 9.87. The molecule has 6 heteroatoms. The number of nitrogens with two attached hydrogens (primary N) is 1. The number of nitro groups is 1. The first kappa shape index (κ1) is 16.0. The number of nitrogens with zero attached hydrogens (tertiary/aromatic N) is 1. The number of anilines is 1. The van der Waals surface area contributed by atoms with Crippen molar-refractivity contribution in [2.45, 2.75) is 32.2 Å². The third-order valence-electron chi connectivity index (χ3n) is 4.46. The van der Waals surface area contributed by atoms with Crippen molar-refractivity contribution in [1.82, 2.24) is 5.32 Å². The number of hydrogen-bond donors (Lipinski definition) is 2. The lowest BCUT2D eigenvalue weighted by Crippen LogP contribution is -2.31. The summed E-state index contributed by atoms with van der Waals surface area (Å²) < 4.78 is 0. The Morgan fingerprint density at radius 1 is 1.29 bits per heavy atom. The van der Waals surface area contributed by atoms with Crippen LogP contribution in [0.15, 0.2) is 36.4 Å². The van der Waals surface area contributed by atoms with E-state index in [1.165, 1.54) is 12.1 Å². The molecule has 6 nitrogen and oxygen atoms in total. The standard InChI is InChI=1S/C18H19N3O3/c1-11-5-7-14(21(23)24)10-16(11)18(22)20-17-4-2-3-12-9-13(19)6-8-15(12)17/h5-10,17H,2-4,19H2,1H3,(H,20,22). The quantitative estimate of drug-likeness (QED) is 0.514. The predicted molar refractivity (Wildman–Crippen MR) is 91.8 cm³/mol. The summed E-state index contributed by atoms with van der Waals surface area (Å²) in [6.07, 6.45) is 2.76. The molecule has 0 heterocycles. The van der Waals surface area contributed by atoms with Crippen LogP contribution in [0.3, 0.4) is 0 Å². The number of nitrogen functional groups attached to an aromatic ring is 1. The molecule has 0 aliphatic heterocycles. The Balaban J connectivity index is 1.86. The van der Waals surface area contributed by atoms with E-state index in [1.54, 1.807) is 13.0 Å². The van der Waals surface area contributed by atoms with Gasteiger partial charge in [0, 0.05) is 23.4 Å². The molecule has 3 N–H and O–H groups in total. The van der Waals surface area contributed by atoms with Crippen LogP contribution >= 0.6 is 0 Å². The molecular weight excluding hydrogens is 306 g/mol. The number of nitrogens with one attached hydrogen (secondary N) is 1. The average molecular weight is 325 g/mol. The van der Waals surface area contributed by atoms with E-state index in [9.17, 15) is 14.9 Å². The number of fused-ring (bicyclic) bond motifs is 1. The average Bonchev–Trinajstić information content (AvgIpc) is 2.54. The Labute approximate surface area is 139 Å². The molecule has 1 aliphatic rings. The summed E-state index contributed by atoms with van der Waals surface area (Å²) in [6.45, 7) is 1.77. The van der Waals surface area contributed by atoms with Gasteiger partial charge in [-0.2, -0.15) is 0 Å². The zero-order valence-corrected chi connectivity index (χ0v) is 13.4. The van der Waals surface area contributed by atoms with E-state index in [1.807, 2.05) is 18.2 Å². The highest BCUT2D eigenvalue weighted by Crippen LogP contribution is 2.31. The van der Waals surface area contributed by atoms with E-state index in [-0.39, 0.29) is 17.6 Å². The van der Waals surface area contributed by atoms with Crippen LogP contribution in [0.1, 0.15) is 45.9 Å². The smallest absolute Gasteiger partial charge is 0.270 e. The Hall–Kier alpha value is -2.89. The van der Waals surface area contributed by atoms with Gasteiger partial charge < -0.3 is 11.1 Å². The number of nitro benzene ring substituents is 1. The summed E-state index contributed by atoms with van der Waals surface area (Å²) in [5.74, 6) is -0.286. The molecule has 124 valence electrons. The molecule has 0 saturated heterocycles. The summed E-state index contributed by atoms with van der Waals surface area (Å²) >= 11 is 0. The van der Waals surface area contributed by atoms with Crippen LogP contribution in [-0.4, -0.2) is 10.8 Å². The molecule has 2 aromatic rings. The van der Waals surface area contributed by atoms with Crippen LogP contribution < -0.4 is 11.1 Å². The molecule has 0 aromatic heterocycles. The van der Waals surface area contributed by atoms with Crippen LogP contribution in [-0.2, 0) is 6.42 Å². The monoisotopic (exact) mass is 325 g/mol. The van der Waals surface area contributed by atoms with Crippen LogP contribution in [0.4, 0.5) is 11.4 Å². The summed E-state index contributed by atoms with van der Waals surface area (Å²) in [6, 6.07) is 9.98. The highest BCUT2D eigenvalue weighted by atomic mass is 16.6. The Morgan fingerprint density at radius 3 is 2.83 bits per heavy atom. The maximum atomic E-state index is 12.6. The van der Waals surface area contributed by atoms with E-state index in [0.29, 0.717) is 11.1 Å². The minimum Gasteiger partial charge on any atom is -0.399 e. The van der Waals surface area contributed by atoms with Gasteiger partial charge in [0.25, 0.3) is 11.6 Å². The van der Waals surface area contributed by atoms with E-state index in [2.05, 4.69) is 5.32 Å². The van der Waals surface area contributed by atoms with Crippen molar-refractivity contribution in [3.05, 3.63) is 68.8 Å². The largest absolute Gasteiger partial charge is 0.399 e. The van der Waals surface area contributed by atoms with Gasteiger partial charge in [0.2, 0.25) is 0 Å². The fourth-order valence-corrected chi connectivity index (χ4v) is 3.19. The third-order valence-corrected chi connectivity index (χ3v) is 4.46. The van der Waals surface area contributed by atoms with E-state index in [4.69, 9.17) is 5.73 Å². The van der Waals surface area contributed by atoms with Crippen LogP contribution in [0.25, 0.3) is 0 Å². The number of amides is 1. The molecule has 3 rings (SSSR count). The molecule has 24 heavy (non-hydrogen) atoms. The minimum absolute atomic E-state index is 0.0810. The van der Waals surface area contributed by atoms with Gasteiger partial charge in [-0.1, -0.05) is 12.1 Å². The summed E-state index contributed by atoms with van der Waals surface area (Å²) in [7, 11) is 0. The fourth-order valence-electron chi connectivity index (χ4n) is 3.19. The molecule has 2 aromatic carbocycles. The molecule has 1 atom stereocenters. The normalized spacial score (nSPS) is 16.3.